The molecule has 3 aliphatic heterocycles. The molecular weight excluding hydrogens is 302 g/mol. The second kappa shape index (κ2) is 6.67. The second-order valence-corrected chi connectivity index (χ2v) is 7.37. The molecule has 0 aliphatic carbocycles. The van der Waals surface area contributed by atoms with Crippen LogP contribution in [0.1, 0.15) is 44.6 Å². The molecule has 0 aromatic carbocycles. The van der Waals surface area contributed by atoms with E-state index in [0.717, 1.165) is 57.1 Å². The van der Waals surface area contributed by atoms with Gasteiger partial charge in [0.15, 0.2) is 0 Å². The van der Waals surface area contributed by atoms with Crippen LogP contribution >= 0.6 is 0 Å². The number of rotatable bonds is 3. The minimum absolute atomic E-state index is 0.0406. The summed E-state index contributed by atoms with van der Waals surface area (Å²) >= 11 is 0. The van der Waals surface area contributed by atoms with Crippen molar-refractivity contribution in [1.29, 1.82) is 0 Å². The number of aromatic nitrogens is 2. The summed E-state index contributed by atoms with van der Waals surface area (Å²) in [4.78, 5) is 28.3. The number of anilines is 1. The highest BCUT2D eigenvalue weighted by molar-refractivity contribution is 5.83. The molecule has 1 aromatic rings. The van der Waals surface area contributed by atoms with Gasteiger partial charge in [0.05, 0.1) is 6.04 Å². The average Bonchev–Trinajstić information content (AvgIpc) is 3.09. The number of amides is 1. The van der Waals surface area contributed by atoms with Crippen LogP contribution < -0.4 is 4.90 Å². The van der Waals surface area contributed by atoms with Crippen molar-refractivity contribution in [2.75, 3.05) is 31.1 Å². The molecule has 3 aliphatic rings. The molecule has 3 fully saturated rings. The fourth-order valence-electron chi connectivity index (χ4n) is 4.26. The molecule has 0 spiro atoms. The van der Waals surface area contributed by atoms with E-state index in [-0.39, 0.29) is 11.9 Å². The second-order valence-electron chi connectivity index (χ2n) is 7.37. The van der Waals surface area contributed by atoms with E-state index in [9.17, 15) is 4.79 Å². The van der Waals surface area contributed by atoms with Gasteiger partial charge in [0.2, 0.25) is 11.9 Å². The third-order valence-electron chi connectivity index (χ3n) is 5.73. The van der Waals surface area contributed by atoms with E-state index < -0.39 is 0 Å². The zero-order valence-electron chi connectivity index (χ0n) is 14.5. The number of piperidine rings is 1. The number of carbonyl (C=O) groups excluding carboxylic acids is 1. The lowest BCUT2D eigenvalue weighted by molar-refractivity contribution is -0.143. The lowest BCUT2D eigenvalue weighted by Gasteiger charge is -2.41. The topological polar surface area (TPSA) is 52.6 Å². The molecule has 0 bridgehead atoms. The van der Waals surface area contributed by atoms with Crippen molar-refractivity contribution in [2.45, 2.75) is 57.7 Å². The highest BCUT2D eigenvalue weighted by atomic mass is 16.2. The molecule has 2 atom stereocenters. The third-order valence-corrected chi connectivity index (χ3v) is 5.73. The van der Waals surface area contributed by atoms with Crippen molar-refractivity contribution in [2.24, 2.45) is 0 Å². The van der Waals surface area contributed by atoms with E-state index in [0.29, 0.717) is 6.04 Å². The highest BCUT2D eigenvalue weighted by Crippen LogP contribution is 2.26. The number of carbonyl (C=O) groups is 1. The van der Waals surface area contributed by atoms with Gasteiger partial charge in [-0.1, -0.05) is 0 Å². The largest absolute Gasteiger partial charge is 0.341 e. The summed E-state index contributed by atoms with van der Waals surface area (Å²) in [5, 5.41) is 0. The molecule has 0 unspecified atom stereocenters. The van der Waals surface area contributed by atoms with Gasteiger partial charge in [0, 0.05) is 56.7 Å². The predicted molar refractivity (Wildman–Crippen MR) is 92.7 cm³/mol. The van der Waals surface area contributed by atoms with Crippen molar-refractivity contribution >= 4 is 11.9 Å². The lowest BCUT2D eigenvalue weighted by atomic mass is 10.1. The fraction of sp³-hybridized carbons (Fsp3) is 0.722. The maximum atomic E-state index is 12.5. The van der Waals surface area contributed by atoms with Crippen LogP contribution in [0, 0.1) is 0 Å². The van der Waals surface area contributed by atoms with Crippen molar-refractivity contribution < 1.29 is 4.79 Å². The zero-order valence-corrected chi connectivity index (χ0v) is 14.5. The van der Waals surface area contributed by atoms with Gasteiger partial charge in [0.25, 0.3) is 0 Å². The average molecular weight is 329 g/mol. The minimum Gasteiger partial charge on any atom is -0.341 e. The molecule has 0 radical (unpaired) electrons. The SMILES string of the molecule is C[C@@H]1C(=O)N2CCC[C@@H]2CN1Cc1cnc(N2CCCCC2)nc1. The van der Waals surface area contributed by atoms with E-state index in [2.05, 4.69) is 24.7 Å². The van der Waals surface area contributed by atoms with E-state index >= 15 is 0 Å². The number of fused-ring (bicyclic) bond motifs is 1. The van der Waals surface area contributed by atoms with E-state index in [4.69, 9.17) is 0 Å². The van der Waals surface area contributed by atoms with Gasteiger partial charge in [-0.2, -0.15) is 0 Å². The summed E-state index contributed by atoms with van der Waals surface area (Å²) in [5.74, 6) is 1.14. The van der Waals surface area contributed by atoms with Crippen LogP contribution in [-0.4, -0.2) is 63.9 Å². The summed E-state index contributed by atoms with van der Waals surface area (Å²) in [7, 11) is 0. The fourth-order valence-corrected chi connectivity index (χ4v) is 4.26. The molecule has 6 nitrogen and oxygen atoms in total. The van der Waals surface area contributed by atoms with Crippen LogP contribution in [0.5, 0.6) is 0 Å². The molecule has 1 aromatic heterocycles. The molecule has 0 saturated carbocycles. The standard InChI is InChI=1S/C18H27N5O/c1-14-17(24)23-9-5-6-16(23)13-22(14)12-15-10-19-18(20-11-15)21-7-3-2-4-8-21/h10-11,14,16H,2-9,12-13H2,1H3/t14-,16-/m1/s1. The van der Waals surface area contributed by atoms with Crippen molar-refractivity contribution in [1.82, 2.24) is 19.8 Å². The molecular formula is C18H27N5O. The van der Waals surface area contributed by atoms with Gasteiger partial charge in [-0.15, -0.1) is 0 Å². The molecule has 4 heterocycles. The highest BCUT2D eigenvalue weighted by Gasteiger charge is 2.40. The zero-order chi connectivity index (χ0) is 16.5. The Morgan fingerprint density at radius 2 is 1.83 bits per heavy atom. The van der Waals surface area contributed by atoms with Crippen LogP contribution in [0.15, 0.2) is 12.4 Å². The number of nitrogens with zero attached hydrogens (tertiary/aromatic N) is 5. The number of hydrogen-bond acceptors (Lipinski definition) is 5. The minimum atomic E-state index is -0.0406. The summed E-state index contributed by atoms with van der Waals surface area (Å²) in [6.07, 6.45) is 9.94. The van der Waals surface area contributed by atoms with Gasteiger partial charge < -0.3 is 9.80 Å². The predicted octanol–water partition coefficient (Wildman–Crippen LogP) is 1.66. The first-order valence-corrected chi connectivity index (χ1v) is 9.33. The van der Waals surface area contributed by atoms with E-state index in [1.165, 1.54) is 19.3 Å². The maximum absolute atomic E-state index is 12.5. The Hall–Kier alpha value is -1.69. The first-order valence-electron chi connectivity index (χ1n) is 9.33. The smallest absolute Gasteiger partial charge is 0.239 e. The maximum Gasteiger partial charge on any atom is 0.239 e. The first kappa shape index (κ1) is 15.8. The molecule has 1 amide bonds. The first-order chi connectivity index (χ1) is 11.7. The lowest BCUT2D eigenvalue weighted by Crippen LogP contribution is -2.58. The van der Waals surface area contributed by atoms with E-state index in [1.54, 1.807) is 0 Å². The monoisotopic (exact) mass is 329 g/mol. The van der Waals surface area contributed by atoms with Gasteiger partial charge in [-0.25, -0.2) is 9.97 Å². The Balaban J connectivity index is 1.42. The molecule has 3 saturated heterocycles. The summed E-state index contributed by atoms with van der Waals surface area (Å²) in [6, 6.07) is 0.364. The Morgan fingerprint density at radius 3 is 2.58 bits per heavy atom. The molecule has 24 heavy (non-hydrogen) atoms. The number of piperazine rings is 1. The quantitative estimate of drug-likeness (QED) is 0.844. The summed E-state index contributed by atoms with van der Waals surface area (Å²) in [6.45, 7) is 6.83. The van der Waals surface area contributed by atoms with Crippen molar-refractivity contribution in [3.63, 3.8) is 0 Å². The Bertz CT molecular complexity index is 584. The van der Waals surface area contributed by atoms with Gasteiger partial charge in [0.1, 0.15) is 0 Å². The normalized spacial score (nSPS) is 28.3. The van der Waals surface area contributed by atoms with Gasteiger partial charge in [-0.05, 0) is 39.0 Å². The van der Waals surface area contributed by atoms with Crippen molar-refractivity contribution in [3.05, 3.63) is 18.0 Å². The van der Waals surface area contributed by atoms with Crippen LogP contribution in [0.4, 0.5) is 5.95 Å². The molecule has 0 N–H and O–H groups in total. The summed E-state index contributed by atoms with van der Waals surface area (Å²) in [5.41, 5.74) is 1.10. The van der Waals surface area contributed by atoms with Crippen LogP contribution in [0.3, 0.4) is 0 Å². The van der Waals surface area contributed by atoms with Crippen LogP contribution in [0.2, 0.25) is 0 Å². The van der Waals surface area contributed by atoms with Gasteiger partial charge in [-0.3, -0.25) is 9.69 Å². The van der Waals surface area contributed by atoms with Crippen molar-refractivity contribution in [3.8, 4) is 0 Å². The molecule has 4 rings (SSSR count). The Kier molecular flexibility index (Phi) is 4.39. The van der Waals surface area contributed by atoms with Crippen LogP contribution in [-0.2, 0) is 11.3 Å². The number of hydrogen-bond donors (Lipinski definition) is 0. The van der Waals surface area contributed by atoms with Gasteiger partial charge >= 0.3 is 0 Å². The third kappa shape index (κ3) is 2.99. The molecule has 6 heteroatoms. The van der Waals surface area contributed by atoms with Crippen LogP contribution in [0.25, 0.3) is 0 Å². The Labute approximate surface area is 143 Å². The Morgan fingerprint density at radius 1 is 1.08 bits per heavy atom. The summed E-state index contributed by atoms with van der Waals surface area (Å²) < 4.78 is 0. The van der Waals surface area contributed by atoms with E-state index in [1.807, 2.05) is 19.3 Å². The molecule has 130 valence electrons.